The second-order valence-corrected chi connectivity index (χ2v) is 9.77. The van der Waals surface area contributed by atoms with E-state index in [0.717, 1.165) is 54.9 Å². The number of para-hydroxylation sites is 1. The summed E-state index contributed by atoms with van der Waals surface area (Å²) in [6.45, 7) is 4.39. The highest BCUT2D eigenvalue weighted by Crippen LogP contribution is 2.30. The smallest absolute Gasteiger partial charge is 0.234 e. The first-order valence-corrected chi connectivity index (χ1v) is 13.0. The molecule has 1 fully saturated rings. The van der Waals surface area contributed by atoms with Gasteiger partial charge in [0, 0.05) is 31.0 Å². The Kier molecular flexibility index (Phi) is 7.35. The lowest BCUT2D eigenvalue weighted by Crippen LogP contribution is -2.35. The highest BCUT2D eigenvalue weighted by atomic mass is 32.2. The average Bonchev–Trinajstić information content (AvgIpc) is 3.55. The number of ether oxygens (including phenoxy) is 1. The minimum absolute atomic E-state index is 0.0776. The Labute approximate surface area is 206 Å². The lowest BCUT2D eigenvalue weighted by molar-refractivity contribution is -0.113. The molecule has 7 nitrogen and oxygen atoms in total. The third-order valence-corrected chi connectivity index (χ3v) is 7.26. The van der Waals surface area contributed by atoms with E-state index in [2.05, 4.69) is 32.5 Å². The van der Waals surface area contributed by atoms with Crippen LogP contribution in [-0.2, 0) is 16.1 Å². The SMILES string of the molecule is O=C(CSc1nnc(-c2cccs2)n1-c1ccccc1)Nc1ccc(CN2CCOCC2)cc1. The molecule has 0 bridgehead atoms. The lowest BCUT2D eigenvalue weighted by Gasteiger charge is -2.26. The largest absolute Gasteiger partial charge is 0.379 e. The number of thioether (sulfide) groups is 1. The fraction of sp³-hybridized carbons (Fsp3) is 0.240. The minimum Gasteiger partial charge on any atom is -0.379 e. The number of amides is 1. The van der Waals surface area contributed by atoms with E-state index in [1.165, 1.54) is 17.3 Å². The highest BCUT2D eigenvalue weighted by molar-refractivity contribution is 7.99. The third-order valence-electron chi connectivity index (χ3n) is 5.47. The summed E-state index contributed by atoms with van der Waals surface area (Å²) in [5.41, 5.74) is 2.99. The molecular weight excluding hydrogens is 466 g/mol. The average molecular weight is 492 g/mol. The Bertz CT molecular complexity index is 1200. The van der Waals surface area contributed by atoms with Crippen LogP contribution in [0.4, 0.5) is 5.69 Å². The van der Waals surface area contributed by atoms with Crippen molar-refractivity contribution in [2.75, 3.05) is 37.4 Å². The van der Waals surface area contributed by atoms with Gasteiger partial charge in [0.15, 0.2) is 11.0 Å². The van der Waals surface area contributed by atoms with Crippen molar-refractivity contribution in [2.45, 2.75) is 11.7 Å². The first kappa shape index (κ1) is 22.8. The summed E-state index contributed by atoms with van der Waals surface area (Å²) in [6.07, 6.45) is 0. The van der Waals surface area contributed by atoms with Crippen molar-refractivity contribution < 1.29 is 9.53 Å². The molecule has 0 spiro atoms. The molecule has 0 radical (unpaired) electrons. The predicted octanol–water partition coefficient (Wildman–Crippen LogP) is 4.56. The van der Waals surface area contributed by atoms with Gasteiger partial charge in [0.05, 0.1) is 23.8 Å². The summed E-state index contributed by atoms with van der Waals surface area (Å²) in [6, 6.07) is 22.1. The van der Waals surface area contributed by atoms with Crippen LogP contribution in [0.1, 0.15) is 5.56 Å². The second-order valence-electron chi connectivity index (χ2n) is 7.88. The molecule has 0 saturated carbocycles. The van der Waals surface area contributed by atoms with Crippen LogP contribution in [-0.4, -0.2) is 57.6 Å². The van der Waals surface area contributed by atoms with Crippen LogP contribution in [0.3, 0.4) is 0 Å². The highest BCUT2D eigenvalue weighted by Gasteiger charge is 2.18. The number of carbonyl (C=O) groups is 1. The zero-order chi connectivity index (χ0) is 23.2. The molecule has 2 aromatic heterocycles. The number of thiophene rings is 1. The number of carbonyl (C=O) groups excluding carboxylic acids is 1. The number of anilines is 1. The number of hydrogen-bond acceptors (Lipinski definition) is 7. The first-order chi connectivity index (χ1) is 16.8. The van der Waals surface area contributed by atoms with E-state index < -0.39 is 0 Å². The van der Waals surface area contributed by atoms with Crippen molar-refractivity contribution in [2.24, 2.45) is 0 Å². The van der Waals surface area contributed by atoms with Gasteiger partial charge in [0.2, 0.25) is 5.91 Å². The van der Waals surface area contributed by atoms with Gasteiger partial charge in [-0.2, -0.15) is 0 Å². The standard InChI is InChI=1S/C25H25N5O2S2/c31-23(26-20-10-8-19(9-11-20)17-29-12-14-32-15-13-29)18-34-25-28-27-24(22-7-4-16-33-22)30(25)21-5-2-1-3-6-21/h1-11,16H,12-15,17-18H2,(H,26,31). The van der Waals surface area contributed by atoms with Crippen LogP contribution in [0, 0.1) is 0 Å². The molecule has 1 N–H and O–H groups in total. The monoisotopic (exact) mass is 491 g/mol. The molecule has 1 aliphatic rings. The van der Waals surface area contributed by atoms with Crippen molar-refractivity contribution in [1.82, 2.24) is 19.7 Å². The molecule has 5 rings (SSSR count). The topological polar surface area (TPSA) is 72.3 Å². The van der Waals surface area contributed by atoms with E-state index in [-0.39, 0.29) is 11.7 Å². The second kappa shape index (κ2) is 11.0. The Hall–Kier alpha value is -2.98. The van der Waals surface area contributed by atoms with Crippen LogP contribution in [0.5, 0.6) is 0 Å². The normalized spacial score (nSPS) is 14.2. The van der Waals surface area contributed by atoms with Crippen molar-refractivity contribution in [3.63, 3.8) is 0 Å². The molecule has 3 heterocycles. The van der Waals surface area contributed by atoms with Gasteiger partial charge in [-0.15, -0.1) is 21.5 Å². The van der Waals surface area contributed by atoms with Gasteiger partial charge < -0.3 is 10.1 Å². The van der Waals surface area contributed by atoms with Crippen molar-refractivity contribution >= 4 is 34.7 Å². The zero-order valence-electron chi connectivity index (χ0n) is 18.6. The predicted molar refractivity (Wildman–Crippen MR) is 137 cm³/mol. The Morgan fingerprint density at radius 2 is 1.79 bits per heavy atom. The van der Waals surface area contributed by atoms with Crippen molar-refractivity contribution in [3.8, 4) is 16.4 Å². The number of hydrogen-bond donors (Lipinski definition) is 1. The molecule has 0 unspecified atom stereocenters. The number of benzene rings is 2. The van der Waals surface area contributed by atoms with Crippen LogP contribution in [0.2, 0.25) is 0 Å². The first-order valence-electron chi connectivity index (χ1n) is 11.1. The number of nitrogens with zero attached hydrogens (tertiary/aromatic N) is 4. The Morgan fingerprint density at radius 1 is 1.00 bits per heavy atom. The van der Waals surface area contributed by atoms with Gasteiger partial charge in [-0.3, -0.25) is 14.3 Å². The molecule has 0 aliphatic carbocycles. The summed E-state index contributed by atoms with van der Waals surface area (Å²) in [7, 11) is 0. The van der Waals surface area contributed by atoms with E-state index in [0.29, 0.717) is 5.16 Å². The van der Waals surface area contributed by atoms with Crippen LogP contribution in [0.25, 0.3) is 16.4 Å². The fourth-order valence-electron chi connectivity index (χ4n) is 3.78. The number of nitrogens with one attached hydrogen (secondary N) is 1. The number of rotatable bonds is 8. The molecule has 0 atom stereocenters. The molecule has 2 aromatic carbocycles. The van der Waals surface area contributed by atoms with E-state index in [4.69, 9.17) is 4.74 Å². The molecule has 9 heteroatoms. The van der Waals surface area contributed by atoms with Gasteiger partial charge >= 0.3 is 0 Å². The van der Waals surface area contributed by atoms with Crippen LogP contribution < -0.4 is 5.32 Å². The van der Waals surface area contributed by atoms with Gasteiger partial charge in [0.1, 0.15) is 0 Å². The van der Waals surface area contributed by atoms with Gasteiger partial charge in [-0.25, -0.2) is 0 Å². The zero-order valence-corrected chi connectivity index (χ0v) is 20.2. The van der Waals surface area contributed by atoms with Crippen molar-refractivity contribution in [1.29, 1.82) is 0 Å². The summed E-state index contributed by atoms with van der Waals surface area (Å²) >= 11 is 2.99. The summed E-state index contributed by atoms with van der Waals surface area (Å²) < 4.78 is 7.41. The van der Waals surface area contributed by atoms with Gasteiger partial charge in [0.25, 0.3) is 0 Å². The molecular formula is C25H25N5O2S2. The maximum absolute atomic E-state index is 12.7. The summed E-state index contributed by atoms with van der Waals surface area (Å²) in [5, 5.41) is 14.5. The lowest BCUT2D eigenvalue weighted by atomic mass is 10.2. The maximum atomic E-state index is 12.7. The van der Waals surface area contributed by atoms with Crippen molar-refractivity contribution in [3.05, 3.63) is 77.7 Å². The molecule has 4 aromatic rings. The van der Waals surface area contributed by atoms with E-state index >= 15 is 0 Å². The van der Waals surface area contributed by atoms with Gasteiger partial charge in [-0.05, 0) is 41.3 Å². The Morgan fingerprint density at radius 3 is 2.53 bits per heavy atom. The number of morpholine rings is 1. The molecule has 174 valence electrons. The minimum atomic E-state index is -0.0776. The van der Waals surface area contributed by atoms with E-state index in [9.17, 15) is 4.79 Å². The van der Waals surface area contributed by atoms with Crippen LogP contribution in [0.15, 0.2) is 77.3 Å². The maximum Gasteiger partial charge on any atom is 0.234 e. The molecule has 34 heavy (non-hydrogen) atoms. The quantitative estimate of drug-likeness (QED) is 0.365. The van der Waals surface area contributed by atoms with E-state index in [1.807, 2.05) is 64.5 Å². The van der Waals surface area contributed by atoms with Crippen LogP contribution >= 0.6 is 23.1 Å². The number of aromatic nitrogens is 3. The molecule has 1 saturated heterocycles. The molecule has 1 aliphatic heterocycles. The summed E-state index contributed by atoms with van der Waals surface area (Å²) in [4.78, 5) is 16.1. The Balaban J connectivity index is 1.22. The summed E-state index contributed by atoms with van der Waals surface area (Å²) in [5.74, 6) is 0.941. The molecule has 1 amide bonds. The third kappa shape index (κ3) is 5.56. The van der Waals surface area contributed by atoms with E-state index in [1.54, 1.807) is 11.3 Å². The van der Waals surface area contributed by atoms with Gasteiger partial charge in [-0.1, -0.05) is 48.2 Å². The fourth-order valence-corrected chi connectivity index (χ4v) is 5.23.